The van der Waals surface area contributed by atoms with Crippen molar-refractivity contribution in [1.82, 2.24) is 5.32 Å². The summed E-state index contributed by atoms with van der Waals surface area (Å²) >= 11 is 0. The minimum Gasteiger partial charge on any atom is -0.377 e. The van der Waals surface area contributed by atoms with Crippen molar-refractivity contribution in [3.05, 3.63) is 34.9 Å². The van der Waals surface area contributed by atoms with Crippen LogP contribution in [0.2, 0.25) is 0 Å². The molecule has 0 aliphatic carbocycles. The first kappa shape index (κ1) is 13.5. The first-order chi connectivity index (χ1) is 8.72. The van der Waals surface area contributed by atoms with Gasteiger partial charge in [-0.1, -0.05) is 18.2 Å². The molecule has 1 aromatic carbocycles. The molecule has 18 heavy (non-hydrogen) atoms. The summed E-state index contributed by atoms with van der Waals surface area (Å²) in [6, 6.07) is 6.63. The van der Waals surface area contributed by atoms with Gasteiger partial charge in [0.2, 0.25) is 0 Å². The van der Waals surface area contributed by atoms with E-state index in [9.17, 15) is 0 Å². The van der Waals surface area contributed by atoms with Crippen LogP contribution in [-0.2, 0) is 4.74 Å². The van der Waals surface area contributed by atoms with Crippen LogP contribution < -0.4 is 11.1 Å². The van der Waals surface area contributed by atoms with Crippen LogP contribution in [0.15, 0.2) is 18.2 Å². The SMILES string of the molecule is Cc1cccc(C)c1C(CN)NCC1CCCO1. The molecule has 2 unspecified atom stereocenters. The average Bonchev–Trinajstić information content (AvgIpc) is 2.86. The van der Waals surface area contributed by atoms with Crippen LogP contribution in [0.25, 0.3) is 0 Å². The lowest BCUT2D eigenvalue weighted by molar-refractivity contribution is 0.107. The van der Waals surface area contributed by atoms with E-state index >= 15 is 0 Å². The maximum atomic E-state index is 5.92. The van der Waals surface area contributed by atoms with Gasteiger partial charge in [-0.2, -0.15) is 0 Å². The molecule has 2 rings (SSSR count). The van der Waals surface area contributed by atoms with Crippen LogP contribution in [0.4, 0.5) is 0 Å². The number of hydrogen-bond donors (Lipinski definition) is 2. The highest BCUT2D eigenvalue weighted by atomic mass is 16.5. The van der Waals surface area contributed by atoms with Crippen molar-refractivity contribution in [3.63, 3.8) is 0 Å². The standard InChI is InChI=1S/C15H24N2O/c1-11-5-3-6-12(2)15(11)14(9-16)17-10-13-7-4-8-18-13/h3,5-6,13-14,17H,4,7-10,16H2,1-2H3. The van der Waals surface area contributed by atoms with E-state index in [-0.39, 0.29) is 6.04 Å². The third-order valence-corrected chi connectivity index (χ3v) is 3.74. The molecule has 1 saturated heterocycles. The largest absolute Gasteiger partial charge is 0.377 e. The highest BCUT2D eigenvalue weighted by Crippen LogP contribution is 2.21. The minimum atomic E-state index is 0.232. The van der Waals surface area contributed by atoms with Gasteiger partial charge < -0.3 is 15.8 Å². The fourth-order valence-corrected chi connectivity index (χ4v) is 2.76. The monoisotopic (exact) mass is 248 g/mol. The van der Waals surface area contributed by atoms with Crippen LogP contribution in [0.3, 0.4) is 0 Å². The van der Waals surface area contributed by atoms with Crippen LogP contribution in [-0.4, -0.2) is 25.8 Å². The van der Waals surface area contributed by atoms with Gasteiger partial charge in [0.1, 0.15) is 0 Å². The highest BCUT2D eigenvalue weighted by molar-refractivity contribution is 5.36. The molecular formula is C15H24N2O. The lowest BCUT2D eigenvalue weighted by Crippen LogP contribution is -2.34. The molecule has 0 saturated carbocycles. The number of benzene rings is 1. The third-order valence-electron chi connectivity index (χ3n) is 3.74. The van der Waals surface area contributed by atoms with E-state index in [0.29, 0.717) is 12.6 Å². The van der Waals surface area contributed by atoms with Gasteiger partial charge in [-0.25, -0.2) is 0 Å². The summed E-state index contributed by atoms with van der Waals surface area (Å²) in [4.78, 5) is 0. The van der Waals surface area contributed by atoms with Crippen LogP contribution >= 0.6 is 0 Å². The number of aryl methyl sites for hydroxylation is 2. The van der Waals surface area contributed by atoms with Crippen molar-refractivity contribution in [2.24, 2.45) is 5.73 Å². The van der Waals surface area contributed by atoms with Gasteiger partial charge in [0.05, 0.1) is 6.10 Å². The molecule has 1 aliphatic rings. The molecule has 0 amide bonds. The molecule has 1 fully saturated rings. The molecule has 1 heterocycles. The highest BCUT2D eigenvalue weighted by Gasteiger charge is 2.19. The summed E-state index contributed by atoms with van der Waals surface area (Å²) in [5.74, 6) is 0. The predicted octanol–water partition coefficient (Wildman–Crippen LogP) is 2.07. The quantitative estimate of drug-likeness (QED) is 0.838. The second-order valence-electron chi connectivity index (χ2n) is 5.14. The first-order valence-electron chi connectivity index (χ1n) is 6.83. The molecule has 0 radical (unpaired) electrons. The van der Waals surface area contributed by atoms with Crippen molar-refractivity contribution < 1.29 is 4.74 Å². The van der Waals surface area contributed by atoms with Gasteiger partial charge in [0, 0.05) is 25.7 Å². The zero-order valence-corrected chi connectivity index (χ0v) is 11.4. The van der Waals surface area contributed by atoms with E-state index in [2.05, 4.69) is 37.4 Å². The number of ether oxygens (including phenoxy) is 1. The van der Waals surface area contributed by atoms with E-state index < -0.39 is 0 Å². The van der Waals surface area contributed by atoms with Gasteiger partial charge in [0.15, 0.2) is 0 Å². The van der Waals surface area contributed by atoms with Crippen molar-refractivity contribution in [1.29, 1.82) is 0 Å². The van der Waals surface area contributed by atoms with Gasteiger partial charge >= 0.3 is 0 Å². The van der Waals surface area contributed by atoms with E-state index in [1.54, 1.807) is 0 Å². The molecule has 3 N–H and O–H groups in total. The summed E-state index contributed by atoms with van der Waals surface area (Å²) in [6.45, 7) is 6.73. The molecule has 3 heteroatoms. The van der Waals surface area contributed by atoms with Crippen molar-refractivity contribution >= 4 is 0 Å². The number of nitrogens with one attached hydrogen (secondary N) is 1. The molecule has 100 valence electrons. The van der Waals surface area contributed by atoms with Gasteiger partial charge in [-0.3, -0.25) is 0 Å². The molecular weight excluding hydrogens is 224 g/mol. The van der Waals surface area contributed by atoms with Crippen LogP contribution in [0.5, 0.6) is 0 Å². The molecule has 0 aromatic heterocycles. The van der Waals surface area contributed by atoms with E-state index in [0.717, 1.165) is 19.6 Å². The number of nitrogens with two attached hydrogens (primary N) is 1. The number of hydrogen-bond acceptors (Lipinski definition) is 3. The molecule has 0 bridgehead atoms. The average molecular weight is 248 g/mol. The second kappa shape index (κ2) is 6.32. The molecule has 0 spiro atoms. The topological polar surface area (TPSA) is 47.3 Å². The fraction of sp³-hybridized carbons (Fsp3) is 0.600. The summed E-state index contributed by atoms with van der Waals surface area (Å²) in [7, 11) is 0. The maximum Gasteiger partial charge on any atom is 0.0700 e. The number of rotatable bonds is 5. The molecule has 3 nitrogen and oxygen atoms in total. The molecule has 2 atom stereocenters. The Kier molecular flexibility index (Phi) is 4.75. The fourth-order valence-electron chi connectivity index (χ4n) is 2.76. The van der Waals surface area contributed by atoms with Gasteiger partial charge in [0.25, 0.3) is 0 Å². The van der Waals surface area contributed by atoms with E-state index in [4.69, 9.17) is 10.5 Å². The Labute approximate surface area is 110 Å². The lowest BCUT2D eigenvalue weighted by Gasteiger charge is -2.23. The van der Waals surface area contributed by atoms with Crippen molar-refractivity contribution in [2.75, 3.05) is 19.7 Å². The zero-order valence-electron chi connectivity index (χ0n) is 11.4. The Morgan fingerprint density at radius 3 is 2.67 bits per heavy atom. The van der Waals surface area contributed by atoms with Gasteiger partial charge in [-0.05, 0) is 43.4 Å². The maximum absolute atomic E-state index is 5.92. The lowest BCUT2D eigenvalue weighted by atomic mass is 9.96. The van der Waals surface area contributed by atoms with E-state index in [1.807, 2.05) is 0 Å². The Bertz CT molecular complexity index is 366. The third kappa shape index (κ3) is 3.10. The van der Waals surface area contributed by atoms with Crippen LogP contribution in [0, 0.1) is 13.8 Å². The van der Waals surface area contributed by atoms with Crippen molar-refractivity contribution in [3.8, 4) is 0 Å². The van der Waals surface area contributed by atoms with Gasteiger partial charge in [-0.15, -0.1) is 0 Å². The summed E-state index contributed by atoms with van der Waals surface area (Å²) < 4.78 is 5.64. The predicted molar refractivity (Wildman–Crippen MR) is 74.7 cm³/mol. The molecule has 1 aliphatic heterocycles. The Morgan fingerprint density at radius 1 is 1.39 bits per heavy atom. The minimum absolute atomic E-state index is 0.232. The zero-order chi connectivity index (χ0) is 13.0. The smallest absolute Gasteiger partial charge is 0.0700 e. The Hall–Kier alpha value is -0.900. The summed E-state index contributed by atoms with van der Waals surface area (Å²) in [5, 5.41) is 3.56. The molecule has 1 aromatic rings. The second-order valence-corrected chi connectivity index (χ2v) is 5.14. The Balaban J connectivity index is 2.03. The van der Waals surface area contributed by atoms with Crippen LogP contribution in [0.1, 0.15) is 35.6 Å². The Morgan fingerprint density at radius 2 is 2.11 bits per heavy atom. The summed E-state index contributed by atoms with van der Waals surface area (Å²) in [6.07, 6.45) is 2.71. The summed E-state index contributed by atoms with van der Waals surface area (Å²) in [5.41, 5.74) is 9.89. The van der Waals surface area contributed by atoms with Crippen molar-refractivity contribution in [2.45, 2.75) is 38.8 Å². The van der Waals surface area contributed by atoms with E-state index in [1.165, 1.54) is 23.1 Å². The normalized spacial score (nSPS) is 21.2. The first-order valence-corrected chi connectivity index (χ1v) is 6.83.